The van der Waals surface area contributed by atoms with Crippen LogP contribution in [0.1, 0.15) is 61.4 Å². The summed E-state index contributed by atoms with van der Waals surface area (Å²) in [6, 6.07) is 19.3. The first-order chi connectivity index (χ1) is 21.8. The Bertz CT molecular complexity index is 1760. The number of hydrogen-bond donors (Lipinski definition) is 1. The molecule has 45 heavy (non-hydrogen) atoms. The number of fused-ring (bicyclic) bond motifs is 1. The molecule has 4 aromatic rings. The third-order valence-electron chi connectivity index (χ3n) is 7.68. The van der Waals surface area contributed by atoms with Crippen LogP contribution in [0.3, 0.4) is 0 Å². The van der Waals surface area contributed by atoms with Crippen LogP contribution in [0.2, 0.25) is 5.02 Å². The number of unbranched alkanes of at least 4 members (excludes halogenated alkanes) is 2. The van der Waals surface area contributed by atoms with Crippen molar-refractivity contribution in [1.29, 1.82) is 0 Å². The predicted molar refractivity (Wildman–Crippen MR) is 177 cm³/mol. The van der Waals surface area contributed by atoms with Gasteiger partial charge in [-0.3, -0.25) is 14.5 Å². The molecule has 6 rings (SSSR count). The normalized spacial score (nSPS) is 18.7. The molecule has 3 heterocycles. The highest BCUT2D eigenvalue weighted by Crippen LogP contribution is 2.45. The van der Waals surface area contributed by atoms with Gasteiger partial charge in [0.1, 0.15) is 23.4 Å². The van der Waals surface area contributed by atoms with Gasteiger partial charge in [-0.2, -0.15) is 0 Å². The van der Waals surface area contributed by atoms with Crippen molar-refractivity contribution in [2.24, 2.45) is 0 Å². The molecule has 1 saturated heterocycles. The van der Waals surface area contributed by atoms with Crippen LogP contribution in [0.4, 0.5) is 5.13 Å². The van der Waals surface area contributed by atoms with E-state index in [2.05, 4.69) is 17.1 Å². The van der Waals surface area contributed by atoms with Gasteiger partial charge in [-0.05, 0) is 72.5 Å². The first-order valence-electron chi connectivity index (χ1n) is 14.9. The first-order valence-corrected chi connectivity index (χ1v) is 17.0. The van der Waals surface area contributed by atoms with Crippen molar-refractivity contribution < 1.29 is 24.2 Å². The molecule has 8 nitrogen and oxygen atoms in total. The number of aromatic nitrogens is 2. The van der Waals surface area contributed by atoms with E-state index in [9.17, 15) is 14.7 Å². The molecule has 232 valence electrons. The summed E-state index contributed by atoms with van der Waals surface area (Å²) in [5, 5.41) is 21.2. The highest BCUT2D eigenvalue weighted by atomic mass is 35.5. The molecule has 1 fully saturated rings. The summed E-state index contributed by atoms with van der Waals surface area (Å²) in [5.74, 6) is 0.184. The van der Waals surface area contributed by atoms with E-state index in [0.29, 0.717) is 45.0 Å². The Balaban J connectivity index is 1.37. The molecule has 2 atom stereocenters. The number of Topliss-reactive ketones (excluding diaryl/α,β-unsaturated/α-hetero) is 1. The molecule has 2 aliphatic heterocycles. The largest absolute Gasteiger partial charge is 0.507 e. The highest BCUT2D eigenvalue weighted by molar-refractivity contribution is 8.00. The molecule has 0 spiro atoms. The highest BCUT2D eigenvalue weighted by Gasteiger charge is 2.48. The number of carbonyl (C=O) groups is 2. The third kappa shape index (κ3) is 6.73. The minimum atomic E-state index is -0.935. The fraction of sp³-hybridized carbons (Fsp3) is 0.294. The van der Waals surface area contributed by atoms with Gasteiger partial charge < -0.3 is 14.6 Å². The zero-order chi connectivity index (χ0) is 31.5. The third-order valence-corrected chi connectivity index (χ3v) is 10.1. The molecule has 0 radical (unpaired) electrons. The lowest BCUT2D eigenvalue weighted by Crippen LogP contribution is -2.29. The zero-order valence-electron chi connectivity index (χ0n) is 24.9. The molecule has 2 unspecified atom stereocenters. The summed E-state index contributed by atoms with van der Waals surface area (Å²) in [6.07, 6.45) is 3.76. The molecule has 2 aliphatic rings. The average Bonchev–Trinajstić information content (AvgIpc) is 3.73. The van der Waals surface area contributed by atoms with E-state index in [1.807, 2.05) is 61.5 Å². The smallest absolute Gasteiger partial charge is 0.301 e. The van der Waals surface area contributed by atoms with Crippen LogP contribution in [-0.2, 0) is 21.8 Å². The summed E-state index contributed by atoms with van der Waals surface area (Å²) in [4.78, 5) is 28.8. The second kappa shape index (κ2) is 13.6. The molecule has 0 saturated carbocycles. The van der Waals surface area contributed by atoms with Crippen molar-refractivity contribution >= 4 is 57.3 Å². The van der Waals surface area contributed by atoms with E-state index >= 15 is 0 Å². The number of ether oxygens (including phenoxy) is 2. The van der Waals surface area contributed by atoms with Crippen LogP contribution in [-0.4, -0.2) is 39.7 Å². The Kier molecular flexibility index (Phi) is 9.44. The van der Waals surface area contributed by atoms with E-state index < -0.39 is 17.7 Å². The first kappa shape index (κ1) is 31.1. The molecule has 0 bridgehead atoms. The summed E-state index contributed by atoms with van der Waals surface area (Å²) < 4.78 is 12.5. The van der Waals surface area contributed by atoms with Crippen molar-refractivity contribution in [3.63, 3.8) is 0 Å². The number of rotatable bonds is 11. The summed E-state index contributed by atoms with van der Waals surface area (Å²) >= 11 is 8.71. The molecular formula is C34H32ClN3O5S2. The molecule has 3 aromatic carbocycles. The number of aliphatic hydroxyl groups is 1. The monoisotopic (exact) mass is 661 g/mol. The topological polar surface area (TPSA) is 102 Å². The predicted octanol–water partition coefficient (Wildman–Crippen LogP) is 8.00. The number of aliphatic hydroxyl groups excluding tert-OH is 1. The fourth-order valence-electron chi connectivity index (χ4n) is 5.47. The van der Waals surface area contributed by atoms with Gasteiger partial charge in [-0.15, -0.1) is 10.2 Å². The second-order valence-corrected chi connectivity index (χ2v) is 13.6. The number of halogens is 1. The Hall–Kier alpha value is -3.86. The standard InChI is InChI=1S/C34H32ClN3O5S2/c1-3-4-5-15-42-26-8-6-7-22(18-26)29-28(30(39)23-11-14-27-24(17-23)16-20(2)43-27)31(40)32(41)38(29)33-36-37-34(45-33)44-19-21-9-12-25(35)13-10-21/h6-14,17-18,20,29,39H,3-5,15-16,19H2,1-2H3/b30-28-. The molecular weight excluding hydrogens is 630 g/mol. The van der Waals surface area contributed by atoms with Crippen molar-refractivity contribution in [2.45, 2.75) is 61.8 Å². The number of carbonyl (C=O) groups excluding carboxylic acids is 2. The summed E-state index contributed by atoms with van der Waals surface area (Å²) in [6.45, 7) is 4.66. The van der Waals surface area contributed by atoms with Crippen LogP contribution < -0.4 is 14.4 Å². The maximum Gasteiger partial charge on any atom is 0.301 e. The maximum atomic E-state index is 13.7. The van der Waals surface area contributed by atoms with E-state index in [0.717, 1.165) is 36.1 Å². The Labute approximate surface area is 275 Å². The number of ketones is 1. The quantitative estimate of drug-likeness (QED) is 0.0431. The van der Waals surface area contributed by atoms with Crippen molar-refractivity contribution in [3.05, 3.63) is 99.6 Å². The van der Waals surface area contributed by atoms with Gasteiger partial charge in [-0.25, -0.2) is 0 Å². The van der Waals surface area contributed by atoms with Crippen molar-refractivity contribution in [3.8, 4) is 11.5 Å². The van der Waals surface area contributed by atoms with Crippen LogP contribution in [0.25, 0.3) is 5.76 Å². The number of hydrogen-bond acceptors (Lipinski definition) is 9. The summed E-state index contributed by atoms with van der Waals surface area (Å²) in [5.41, 5.74) is 3.05. The van der Waals surface area contributed by atoms with Gasteiger partial charge in [0.25, 0.3) is 5.78 Å². The summed E-state index contributed by atoms with van der Waals surface area (Å²) in [7, 11) is 0. The fourth-order valence-corrected chi connectivity index (χ4v) is 7.42. The molecule has 11 heteroatoms. The van der Waals surface area contributed by atoms with Crippen LogP contribution >= 0.6 is 34.7 Å². The molecule has 0 aliphatic carbocycles. The maximum absolute atomic E-state index is 13.7. The van der Waals surface area contributed by atoms with Crippen molar-refractivity contribution in [2.75, 3.05) is 11.5 Å². The number of anilines is 1. The number of nitrogens with zero attached hydrogens (tertiary/aromatic N) is 3. The van der Waals surface area contributed by atoms with Crippen LogP contribution in [0.15, 0.2) is 76.6 Å². The van der Waals surface area contributed by atoms with Crippen molar-refractivity contribution in [1.82, 2.24) is 10.2 Å². The van der Waals surface area contributed by atoms with Gasteiger partial charge in [0.15, 0.2) is 4.34 Å². The Morgan fingerprint density at radius 3 is 2.73 bits per heavy atom. The zero-order valence-corrected chi connectivity index (χ0v) is 27.3. The van der Waals surface area contributed by atoms with Crippen LogP contribution in [0, 0.1) is 0 Å². The van der Waals surface area contributed by atoms with E-state index in [1.165, 1.54) is 28.0 Å². The minimum Gasteiger partial charge on any atom is -0.507 e. The van der Waals surface area contributed by atoms with Gasteiger partial charge in [0.05, 0.1) is 18.2 Å². The lowest BCUT2D eigenvalue weighted by molar-refractivity contribution is -0.132. The molecule has 1 N–H and O–H groups in total. The SMILES string of the molecule is CCCCCOc1cccc(C2/C(=C(/O)c3ccc4c(c3)CC(C)O4)C(=O)C(=O)N2c2nnc(SCc3ccc(Cl)cc3)s2)c1. The molecule has 1 amide bonds. The van der Waals surface area contributed by atoms with Gasteiger partial charge in [-0.1, -0.05) is 78.7 Å². The van der Waals surface area contributed by atoms with E-state index in [-0.39, 0.29) is 22.6 Å². The lowest BCUT2D eigenvalue weighted by Gasteiger charge is -2.23. The molecule has 1 aromatic heterocycles. The van der Waals surface area contributed by atoms with Gasteiger partial charge in [0, 0.05) is 22.8 Å². The van der Waals surface area contributed by atoms with Gasteiger partial charge >= 0.3 is 5.91 Å². The Morgan fingerprint density at radius 1 is 1.11 bits per heavy atom. The number of benzene rings is 3. The van der Waals surface area contributed by atoms with E-state index in [1.54, 1.807) is 12.1 Å². The van der Waals surface area contributed by atoms with E-state index in [4.69, 9.17) is 21.1 Å². The minimum absolute atomic E-state index is 0.0133. The second-order valence-electron chi connectivity index (χ2n) is 11.0. The number of amides is 1. The number of thioether (sulfide) groups is 1. The Morgan fingerprint density at radius 2 is 1.93 bits per heavy atom. The average molecular weight is 662 g/mol. The van der Waals surface area contributed by atoms with Gasteiger partial charge in [0.2, 0.25) is 5.13 Å². The lowest BCUT2D eigenvalue weighted by atomic mass is 9.94. The van der Waals surface area contributed by atoms with Crippen LogP contribution in [0.5, 0.6) is 11.5 Å².